The van der Waals surface area contributed by atoms with E-state index in [4.69, 9.17) is 4.42 Å². The molecule has 2 heterocycles. The number of anilines is 1. The normalized spacial score (nSPS) is 15.0. The first-order valence-corrected chi connectivity index (χ1v) is 10.5. The van der Waals surface area contributed by atoms with Crippen molar-refractivity contribution in [3.63, 3.8) is 0 Å². The first-order chi connectivity index (χ1) is 15.4. The summed E-state index contributed by atoms with van der Waals surface area (Å²) in [5.41, 5.74) is 0.731. The van der Waals surface area contributed by atoms with Gasteiger partial charge in [0.25, 0.3) is 5.91 Å². The van der Waals surface area contributed by atoms with Crippen LogP contribution in [0.25, 0.3) is 11.3 Å². The van der Waals surface area contributed by atoms with E-state index in [1.54, 1.807) is 0 Å². The maximum atomic E-state index is 12.9. The Bertz CT molecular complexity index is 1040. The summed E-state index contributed by atoms with van der Waals surface area (Å²) in [7, 11) is 0. The molecule has 4 rings (SSSR count). The molecule has 0 aliphatic carbocycles. The number of amides is 1. The van der Waals surface area contributed by atoms with E-state index in [-0.39, 0.29) is 23.0 Å². The highest BCUT2D eigenvalue weighted by molar-refractivity contribution is 5.92. The molecule has 1 aromatic heterocycles. The van der Waals surface area contributed by atoms with Crippen molar-refractivity contribution in [2.45, 2.75) is 6.18 Å². The quantitative estimate of drug-likeness (QED) is 0.609. The molecular formula is C24H24F3N3O2. The standard InChI is InChI=1S/C24H24F3N3O2/c25-24(26,27)19-6-4-5-18(17-19)21-9-10-22(32-21)23(31)28-11-12-29-13-15-30(16-14-29)20-7-2-1-3-8-20/h1-10,17H,11-16H2,(H,28,31). The van der Waals surface area contributed by atoms with Crippen molar-refractivity contribution in [2.24, 2.45) is 0 Å². The third-order valence-electron chi connectivity index (χ3n) is 5.51. The first-order valence-electron chi connectivity index (χ1n) is 10.5. The fraction of sp³-hybridized carbons (Fsp3) is 0.292. The lowest BCUT2D eigenvalue weighted by molar-refractivity contribution is -0.137. The van der Waals surface area contributed by atoms with Crippen LogP contribution in [0.4, 0.5) is 18.9 Å². The van der Waals surface area contributed by atoms with Crippen LogP contribution in [-0.2, 0) is 6.18 Å². The molecule has 1 saturated heterocycles. The van der Waals surface area contributed by atoms with Gasteiger partial charge < -0.3 is 14.6 Å². The molecule has 0 radical (unpaired) electrons. The molecule has 8 heteroatoms. The Morgan fingerprint density at radius 2 is 1.69 bits per heavy atom. The zero-order valence-corrected chi connectivity index (χ0v) is 17.4. The molecule has 0 saturated carbocycles. The number of hydrogen-bond donors (Lipinski definition) is 1. The third kappa shape index (κ3) is 5.31. The van der Waals surface area contributed by atoms with E-state index in [1.807, 2.05) is 18.2 Å². The van der Waals surface area contributed by atoms with Crippen LogP contribution in [0.1, 0.15) is 16.1 Å². The molecule has 168 valence electrons. The highest BCUT2D eigenvalue weighted by Crippen LogP contribution is 2.32. The largest absolute Gasteiger partial charge is 0.451 e. The van der Waals surface area contributed by atoms with E-state index in [0.29, 0.717) is 6.54 Å². The lowest BCUT2D eigenvalue weighted by Gasteiger charge is -2.36. The fourth-order valence-electron chi connectivity index (χ4n) is 3.75. The summed E-state index contributed by atoms with van der Waals surface area (Å²) < 4.78 is 44.3. The van der Waals surface area contributed by atoms with Crippen LogP contribution in [-0.4, -0.2) is 50.1 Å². The van der Waals surface area contributed by atoms with Crippen LogP contribution in [0.5, 0.6) is 0 Å². The molecule has 0 spiro atoms. The van der Waals surface area contributed by atoms with Crippen molar-refractivity contribution < 1.29 is 22.4 Å². The molecule has 5 nitrogen and oxygen atoms in total. The predicted octanol–water partition coefficient (Wildman–Crippen LogP) is 4.52. The van der Waals surface area contributed by atoms with Gasteiger partial charge in [0, 0.05) is 50.5 Å². The lowest BCUT2D eigenvalue weighted by Crippen LogP contribution is -2.48. The number of alkyl halides is 3. The lowest BCUT2D eigenvalue weighted by atomic mass is 10.1. The van der Waals surface area contributed by atoms with Gasteiger partial charge in [-0.05, 0) is 36.4 Å². The number of piperazine rings is 1. The Balaban J connectivity index is 1.26. The zero-order valence-electron chi connectivity index (χ0n) is 17.4. The number of rotatable bonds is 6. The number of halogens is 3. The van der Waals surface area contributed by atoms with Crippen molar-refractivity contribution in [3.8, 4) is 11.3 Å². The summed E-state index contributed by atoms with van der Waals surface area (Å²) >= 11 is 0. The highest BCUT2D eigenvalue weighted by Gasteiger charge is 2.30. The van der Waals surface area contributed by atoms with Gasteiger partial charge in [-0.1, -0.05) is 30.3 Å². The summed E-state index contributed by atoms with van der Waals surface area (Å²) in [6.45, 7) is 4.85. The molecule has 3 aromatic rings. The zero-order chi connectivity index (χ0) is 22.6. The van der Waals surface area contributed by atoms with Crippen LogP contribution >= 0.6 is 0 Å². The van der Waals surface area contributed by atoms with Crippen LogP contribution in [0.2, 0.25) is 0 Å². The number of nitrogens with zero attached hydrogens (tertiary/aromatic N) is 2. The Morgan fingerprint density at radius 1 is 0.938 bits per heavy atom. The van der Waals surface area contributed by atoms with Crippen LogP contribution in [0, 0.1) is 0 Å². The Hall–Kier alpha value is -3.26. The van der Waals surface area contributed by atoms with E-state index in [2.05, 4.69) is 27.2 Å². The average molecular weight is 443 g/mol. The maximum Gasteiger partial charge on any atom is 0.416 e. The first kappa shape index (κ1) is 22.0. The van der Waals surface area contributed by atoms with E-state index >= 15 is 0 Å². The van der Waals surface area contributed by atoms with E-state index in [0.717, 1.165) is 44.9 Å². The summed E-state index contributed by atoms with van der Waals surface area (Å²) in [5, 5.41) is 2.82. The summed E-state index contributed by atoms with van der Waals surface area (Å²) in [5.74, 6) is -0.0873. The second-order valence-corrected chi connectivity index (χ2v) is 7.66. The number of hydrogen-bond acceptors (Lipinski definition) is 4. The molecule has 1 aliphatic rings. The Morgan fingerprint density at radius 3 is 2.41 bits per heavy atom. The van der Waals surface area contributed by atoms with Crippen molar-refractivity contribution >= 4 is 11.6 Å². The maximum absolute atomic E-state index is 12.9. The van der Waals surface area contributed by atoms with Gasteiger partial charge in [0.2, 0.25) is 0 Å². The van der Waals surface area contributed by atoms with Crippen LogP contribution in [0.15, 0.2) is 71.1 Å². The molecule has 1 amide bonds. The van der Waals surface area contributed by atoms with E-state index in [1.165, 1.54) is 30.0 Å². The topological polar surface area (TPSA) is 48.7 Å². The Kier molecular flexibility index (Phi) is 6.50. The number of carbonyl (C=O) groups excluding carboxylic acids is 1. The van der Waals surface area contributed by atoms with Crippen molar-refractivity contribution in [1.82, 2.24) is 10.2 Å². The van der Waals surface area contributed by atoms with Crippen LogP contribution in [0.3, 0.4) is 0 Å². The molecule has 1 fully saturated rings. The van der Waals surface area contributed by atoms with Gasteiger partial charge >= 0.3 is 6.18 Å². The molecule has 0 bridgehead atoms. The van der Waals surface area contributed by atoms with Gasteiger partial charge in [-0.25, -0.2) is 0 Å². The van der Waals surface area contributed by atoms with Gasteiger partial charge in [0.1, 0.15) is 5.76 Å². The number of nitrogens with one attached hydrogen (secondary N) is 1. The summed E-state index contributed by atoms with van der Waals surface area (Å²) in [6, 6.07) is 18.1. The van der Waals surface area contributed by atoms with Gasteiger partial charge in [0.05, 0.1) is 5.56 Å². The molecule has 1 aliphatic heterocycles. The van der Waals surface area contributed by atoms with Crippen LogP contribution < -0.4 is 10.2 Å². The number of carbonyl (C=O) groups is 1. The van der Waals surface area contributed by atoms with Crippen molar-refractivity contribution in [1.29, 1.82) is 0 Å². The fourth-order valence-corrected chi connectivity index (χ4v) is 3.75. The van der Waals surface area contributed by atoms with E-state index < -0.39 is 11.7 Å². The minimum absolute atomic E-state index is 0.0753. The average Bonchev–Trinajstić information content (AvgIpc) is 3.30. The number of furan rings is 1. The smallest absolute Gasteiger partial charge is 0.416 e. The number of para-hydroxylation sites is 1. The SMILES string of the molecule is O=C(NCCN1CCN(c2ccccc2)CC1)c1ccc(-c2cccc(C(F)(F)F)c2)o1. The van der Waals surface area contributed by atoms with Crippen molar-refractivity contribution in [3.05, 3.63) is 78.1 Å². The van der Waals surface area contributed by atoms with Crippen molar-refractivity contribution in [2.75, 3.05) is 44.2 Å². The monoisotopic (exact) mass is 443 g/mol. The minimum atomic E-state index is -4.44. The molecular weight excluding hydrogens is 419 g/mol. The second-order valence-electron chi connectivity index (χ2n) is 7.66. The summed E-state index contributed by atoms with van der Waals surface area (Å²) in [4.78, 5) is 17.0. The molecule has 0 unspecified atom stereocenters. The molecule has 2 aromatic carbocycles. The van der Waals surface area contributed by atoms with Gasteiger partial charge in [0.15, 0.2) is 5.76 Å². The Labute approximate surface area is 184 Å². The minimum Gasteiger partial charge on any atom is -0.451 e. The van der Waals surface area contributed by atoms with Gasteiger partial charge in [-0.15, -0.1) is 0 Å². The molecule has 32 heavy (non-hydrogen) atoms. The van der Waals surface area contributed by atoms with E-state index in [9.17, 15) is 18.0 Å². The molecule has 1 N–H and O–H groups in total. The van der Waals surface area contributed by atoms with Gasteiger partial charge in [-0.3, -0.25) is 9.69 Å². The number of benzene rings is 2. The predicted molar refractivity (Wildman–Crippen MR) is 117 cm³/mol. The van der Waals surface area contributed by atoms with Gasteiger partial charge in [-0.2, -0.15) is 13.2 Å². The highest BCUT2D eigenvalue weighted by atomic mass is 19.4. The summed E-state index contributed by atoms with van der Waals surface area (Å²) in [6.07, 6.45) is -4.44. The second kappa shape index (κ2) is 9.48. The third-order valence-corrected chi connectivity index (χ3v) is 5.51. The molecule has 0 atom stereocenters.